The summed E-state index contributed by atoms with van der Waals surface area (Å²) in [7, 11) is 0. The number of benzene rings is 1. The number of hydrogen-bond acceptors (Lipinski definition) is 6. The van der Waals surface area contributed by atoms with E-state index >= 15 is 0 Å². The fraction of sp³-hybridized carbons (Fsp3) is 0.630. The molecule has 0 bridgehead atoms. The summed E-state index contributed by atoms with van der Waals surface area (Å²) in [6.07, 6.45) is 2.42. The first-order chi connectivity index (χ1) is 17.8. The number of carbonyl (C=O) groups excluding carboxylic acids is 4. The Morgan fingerprint density at radius 3 is 2.57 bits per heavy atom. The Morgan fingerprint density at radius 1 is 1.16 bits per heavy atom. The van der Waals surface area contributed by atoms with Crippen LogP contribution in [0.15, 0.2) is 30.3 Å². The second-order valence-electron chi connectivity index (χ2n) is 10.3. The standard InChI is InChI=1S/C27H40N4O6/c1-18(2)14-23(26(35)29-21(16-32)15-20-10-12-28-25(20)34)30-27(36)37-17-22-8-9-24(33)31(22)13-11-19-6-4-3-5-7-19/h3-7,18,20-23,32H,8-17H2,1-2H3,(H,28,34)(H,29,35)(H,30,36)/t20-,21-,22-,23-/m0/s1. The minimum atomic E-state index is -0.849. The zero-order valence-corrected chi connectivity index (χ0v) is 21.8. The van der Waals surface area contributed by atoms with Crippen molar-refractivity contribution in [2.75, 3.05) is 26.3 Å². The van der Waals surface area contributed by atoms with Gasteiger partial charge in [-0.25, -0.2) is 4.79 Å². The fourth-order valence-corrected chi connectivity index (χ4v) is 4.92. The summed E-state index contributed by atoms with van der Waals surface area (Å²) >= 11 is 0. The summed E-state index contributed by atoms with van der Waals surface area (Å²) in [5.74, 6) is -0.587. The van der Waals surface area contributed by atoms with Gasteiger partial charge in [0, 0.05) is 25.4 Å². The van der Waals surface area contributed by atoms with Crippen molar-refractivity contribution in [3.63, 3.8) is 0 Å². The number of carbonyl (C=O) groups is 4. The molecule has 2 aliphatic rings. The van der Waals surface area contributed by atoms with Crippen molar-refractivity contribution in [3.05, 3.63) is 35.9 Å². The van der Waals surface area contributed by atoms with Crippen molar-refractivity contribution in [1.82, 2.24) is 20.9 Å². The Balaban J connectivity index is 1.50. The number of amides is 4. The van der Waals surface area contributed by atoms with Crippen molar-refractivity contribution in [1.29, 1.82) is 0 Å². The second-order valence-corrected chi connectivity index (χ2v) is 10.3. The predicted octanol–water partition coefficient (Wildman–Crippen LogP) is 1.36. The van der Waals surface area contributed by atoms with Crippen LogP contribution in [0.4, 0.5) is 4.79 Å². The van der Waals surface area contributed by atoms with Gasteiger partial charge in [-0.2, -0.15) is 0 Å². The molecule has 2 heterocycles. The number of hydrogen-bond donors (Lipinski definition) is 4. The molecule has 1 aromatic carbocycles. The lowest BCUT2D eigenvalue weighted by Crippen LogP contribution is -2.52. The number of aliphatic hydroxyl groups excluding tert-OH is 1. The number of rotatable bonds is 13. The highest BCUT2D eigenvalue weighted by Crippen LogP contribution is 2.20. The molecule has 0 aliphatic carbocycles. The third-order valence-electron chi connectivity index (χ3n) is 6.96. The van der Waals surface area contributed by atoms with Gasteiger partial charge in [-0.05, 0) is 43.6 Å². The molecule has 10 nitrogen and oxygen atoms in total. The zero-order valence-electron chi connectivity index (χ0n) is 21.8. The quantitative estimate of drug-likeness (QED) is 0.313. The molecule has 0 saturated carbocycles. The Bertz CT molecular complexity index is 925. The first kappa shape index (κ1) is 28.4. The van der Waals surface area contributed by atoms with Crippen LogP contribution >= 0.6 is 0 Å². The smallest absolute Gasteiger partial charge is 0.407 e. The van der Waals surface area contributed by atoms with Gasteiger partial charge in [-0.15, -0.1) is 0 Å². The third kappa shape index (κ3) is 8.73. The Labute approximate surface area is 218 Å². The molecule has 10 heteroatoms. The van der Waals surface area contributed by atoms with Gasteiger partial charge in [-0.3, -0.25) is 14.4 Å². The van der Waals surface area contributed by atoms with Gasteiger partial charge in [0.25, 0.3) is 0 Å². The first-order valence-corrected chi connectivity index (χ1v) is 13.2. The third-order valence-corrected chi connectivity index (χ3v) is 6.96. The van der Waals surface area contributed by atoms with E-state index in [0.29, 0.717) is 45.2 Å². The average molecular weight is 517 g/mol. The Kier molecular flexibility index (Phi) is 10.7. The van der Waals surface area contributed by atoms with E-state index in [1.54, 1.807) is 4.90 Å². The van der Waals surface area contributed by atoms with Crippen LogP contribution in [0.3, 0.4) is 0 Å². The highest BCUT2D eigenvalue weighted by Gasteiger charge is 2.33. The van der Waals surface area contributed by atoms with Gasteiger partial charge >= 0.3 is 6.09 Å². The number of alkyl carbamates (subject to hydrolysis) is 1. The number of ether oxygens (including phenoxy) is 1. The number of likely N-dealkylation sites (tertiary alicyclic amines) is 1. The number of nitrogens with zero attached hydrogens (tertiary/aromatic N) is 1. The van der Waals surface area contributed by atoms with Crippen LogP contribution in [0.1, 0.15) is 51.5 Å². The van der Waals surface area contributed by atoms with E-state index in [4.69, 9.17) is 4.74 Å². The molecule has 4 amide bonds. The summed E-state index contributed by atoms with van der Waals surface area (Å²) in [6, 6.07) is 8.27. The van der Waals surface area contributed by atoms with Crippen molar-refractivity contribution in [2.45, 2.75) is 70.5 Å². The van der Waals surface area contributed by atoms with E-state index in [1.807, 2.05) is 44.2 Å². The maximum atomic E-state index is 13.0. The maximum Gasteiger partial charge on any atom is 0.407 e. The molecule has 3 rings (SSSR count). The van der Waals surface area contributed by atoms with Crippen LogP contribution in [-0.4, -0.2) is 78.3 Å². The van der Waals surface area contributed by atoms with E-state index in [-0.39, 0.29) is 42.9 Å². The predicted molar refractivity (Wildman–Crippen MR) is 137 cm³/mol. The van der Waals surface area contributed by atoms with Crippen LogP contribution in [0.2, 0.25) is 0 Å². The minimum Gasteiger partial charge on any atom is -0.447 e. The average Bonchev–Trinajstić information content (AvgIpc) is 3.44. The molecule has 4 N–H and O–H groups in total. The molecule has 0 unspecified atom stereocenters. The molecule has 4 atom stereocenters. The van der Waals surface area contributed by atoms with Crippen molar-refractivity contribution < 1.29 is 29.0 Å². The van der Waals surface area contributed by atoms with E-state index in [2.05, 4.69) is 16.0 Å². The minimum absolute atomic E-state index is 0.0491. The van der Waals surface area contributed by atoms with E-state index in [0.717, 1.165) is 12.0 Å². The number of nitrogens with one attached hydrogen (secondary N) is 3. The molecular weight excluding hydrogens is 476 g/mol. The van der Waals surface area contributed by atoms with Gasteiger partial charge in [0.15, 0.2) is 0 Å². The molecule has 2 fully saturated rings. The van der Waals surface area contributed by atoms with Crippen molar-refractivity contribution in [2.24, 2.45) is 11.8 Å². The Hall–Kier alpha value is -3.14. The SMILES string of the molecule is CC(C)C[C@H](NC(=O)OC[C@@H]1CCC(=O)N1CCc1ccccc1)C(=O)N[C@H](CO)C[C@@H]1CCNC1=O. The van der Waals surface area contributed by atoms with E-state index in [9.17, 15) is 24.3 Å². The molecule has 37 heavy (non-hydrogen) atoms. The highest BCUT2D eigenvalue weighted by atomic mass is 16.5. The molecule has 0 spiro atoms. The summed E-state index contributed by atoms with van der Waals surface area (Å²) in [4.78, 5) is 51.6. The molecule has 0 aromatic heterocycles. The molecule has 2 saturated heterocycles. The van der Waals surface area contributed by atoms with Gasteiger partial charge in [0.05, 0.1) is 18.7 Å². The zero-order chi connectivity index (χ0) is 26.8. The largest absolute Gasteiger partial charge is 0.447 e. The summed E-state index contributed by atoms with van der Waals surface area (Å²) in [5, 5.41) is 17.9. The van der Waals surface area contributed by atoms with Gasteiger partial charge in [0.2, 0.25) is 17.7 Å². The maximum absolute atomic E-state index is 13.0. The normalized spacial score (nSPS) is 21.0. The lowest BCUT2D eigenvalue weighted by Gasteiger charge is -2.26. The van der Waals surface area contributed by atoms with Gasteiger partial charge in [-0.1, -0.05) is 44.2 Å². The molecule has 204 valence electrons. The van der Waals surface area contributed by atoms with Crippen LogP contribution in [0, 0.1) is 11.8 Å². The first-order valence-electron chi connectivity index (χ1n) is 13.2. The van der Waals surface area contributed by atoms with Crippen LogP contribution in [0.25, 0.3) is 0 Å². The van der Waals surface area contributed by atoms with Crippen LogP contribution in [0.5, 0.6) is 0 Å². The van der Waals surface area contributed by atoms with Gasteiger partial charge < -0.3 is 30.7 Å². The lowest BCUT2D eigenvalue weighted by atomic mass is 9.97. The Morgan fingerprint density at radius 2 is 1.92 bits per heavy atom. The highest BCUT2D eigenvalue weighted by molar-refractivity contribution is 5.86. The van der Waals surface area contributed by atoms with Gasteiger partial charge in [0.1, 0.15) is 12.6 Å². The topological polar surface area (TPSA) is 137 Å². The van der Waals surface area contributed by atoms with Crippen LogP contribution in [-0.2, 0) is 25.5 Å². The molecular formula is C27H40N4O6. The monoisotopic (exact) mass is 516 g/mol. The van der Waals surface area contributed by atoms with E-state index in [1.165, 1.54) is 0 Å². The molecule has 2 aliphatic heterocycles. The summed E-state index contributed by atoms with van der Waals surface area (Å²) in [6.45, 7) is 4.78. The summed E-state index contributed by atoms with van der Waals surface area (Å²) < 4.78 is 5.45. The molecule has 1 aromatic rings. The second kappa shape index (κ2) is 14.0. The van der Waals surface area contributed by atoms with Crippen molar-refractivity contribution >= 4 is 23.8 Å². The van der Waals surface area contributed by atoms with Crippen LogP contribution < -0.4 is 16.0 Å². The van der Waals surface area contributed by atoms with E-state index < -0.39 is 24.1 Å². The number of aliphatic hydroxyl groups is 1. The molecule has 0 radical (unpaired) electrons. The summed E-state index contributed by atoms with van der Waals surface area (Å²) in [5.41, 5.74) is 1.14. The van der Waals surface area contributed by atoms with Crippen molar-refractivity contribution in [3.8, 4) is 0 Å². The lowest BCUT2D eigenvalue weighted by molar-refractivity contribution is -0.129. The fourth-order valence-electron chi connectivity index (χ4n) is 4.92.